The van der Waals surface area contributed by atoms with Crippen LogP contribution in [0.15, 0.2) is 30.3 Å². The van der Waals surface area contributed by atoms with Crippen molar-refractivity contribution < 1.29 is 49.2 Å². The summed E-state index contributed by atoms with van der Waals surface area (Å²) in [6.07, 6.45) is -6.28. The van der Waals surface area contributed by atoms with Crippen molar-refractivity contribution in [2.24, 2.45) is 0 Å². The van der Waals surface area contributed by atoms with Crippen LogP contribution < -0.4 is 18.9 Å². The maximum Gasteiger partial charge on any atom is 0.229 e. The SMILES string of the molecule is COc1ccc([C@@H]2CCc3c(OC4OC(CO)C(O)C(O)C4O)cc(O)cc3O2)cc1OC. The minimum absolute atomic E-state index is 0.124. The Hall–Kier alpha value is -2.76. The Kier molecular flexibility index (Phi) is 6.82. The number of hydrogen-bond acceptors (Lipinski definition) is 10. The summed E-state index contributed by atoms with van der Waals surface area (Å²) in [5.74, 6) is 1.67. The molecule has 0 spiro atoms. The van der Waals surface area contributed by atoms with Gasteiger partial charge in [-0.1, -0.05) is 6.07 Å². The smallest absolute Gasteiger partial charge is 0.229 e. The Bertz CT molecular complexity index is 978. The number of rotatable bonds is 6. The molecule has 10 heteroatoms. The van der Waals surface area contributed by atoms with Crippen molar-refractivity contribution >= 4 is 0 Å². The summed E-state index contributed by atoms with van der Waals surface area (Å²) < 4.78 is 28.0. The van der Waals surface area contributed by atoms with E-state index in [9.17, 15) is 25.5 Å². The fourth-order valence-corrected chi connectivity index (χ4v) is 4.13. The van der Waals surface area contributed by atoms with Gasteiger partial charge in [0, 0.05) is 17.7 Å². The van der Waals surface area contributed by atoms with Gasteiger partial charge < -0.3 is 49.2 Å². The predicted octanol–water partition coefficient (Wildman–Crippen LogP) is 0.654. The Balaban J connectivity index is 1.57. The molecule has 0 bridgehead atoms. The second-order valence-corrected chi connectivity index (χ2v) is 8.00. The molecule has 6 atom stereocenters. The first kappa shape index (κ1) is 23.4. The molecular formula is C23H28O10. The van der Waals surface area contributed by atoms with Crippen molar-refractivity contribution in [1.29, 1.82) is 0 Å². The van der Waals surface area contributed by atoms with Crippen LogP contribution in [0.2, 0.25) is 0 Å². The van der Waals surface area contributed by atoms with Crippen LogP contribution in [0.5, 0.6) is 28.7 Å². The molecule has 33 heavy (non-hydrogen) atoms. The van der Waals surface area contributed by atoms with E-state index in [1.165, 1.54) is 12.1 Å². The molecule has 180 valence electrons. The van der Waals surface area contributed by atoms with Crippen LogP contribution in [0.4, 0.5) is 0 Å². The molecule has 1 saturated heterocycles. The highest BCUT2D eigenvalue weighted by Crippen LogP contribution is 2.44. The van der Waals surface area contributed by atoms with E-state index in [4.69, 9.17) is 23.7 Å². The lowest BCUT2D eigenvalue weighted by Crippen LogP contribution is -2.60. The third kappa shape index (κ3) is 4.53. The average Bonchev–Trinajstić information content (AvgIpc) is 2.83. The Morgan fingerprint density at radius 3 is 2.39 bits per heavy atom. The lowest BCUT2D eigenvalue weighted by Gasteiger charge is -2.40. The second-order valence-electron chi connectivity index (χ2n) is 8.00. The lowest BCUT2D eigenvalue weighted by molar-refractivity contribution is -0.277. The van der Waals surface area contributed by atoms with E-state index in [2.05, 4.69) is 0 Å². The molecule has 5 unspecified atom stereocenters. The Morgan fingerprint density at radius 2 is 1.70 bits per heavy atom. The molecule has 2 aromatic carbocycles. The summed E-state index contributed by atoms with van der Waals surface area (Å²) in [7, 11) is 3.12. The quantitative estimate of drug-likeness (QED) is 0.413. The van der Waals surface area contributed by atoms with E-state index in [-0.39, 0.29) is 17.6 Å². The minimum atomic E-state index is -1.57. The Morgan fingerprint density at radius 1 is 0.939 bits per heavy atom. The fourth-order valence-electron chi connectivity index (χ4n) is 4.13. The maximum absolute atomic E-state index is 10.3. The molecule has 0 aliphatic carbocycles. The standard InChI is InChI=1S/C23H28O10/c1-29-15-5-3-11(7-18(15)30-2)14-6-4-13-16(31-14)8-12(25)9-17(13)32-23-22(28)21(27)20(26)19(10-24)33-23/h3,5,7-9,14,19-28H,4,6,10H2,1-2H3/t14-,19?,20?,21?,22?,23?/m0/s1. The zero-order chi connectivity index (χ0) is 23.7. The van der Waals surface area contributed by atoms with Crippen LogP contribution in [0.3, 0.4) is 0 Å². The first-order valence-corrected chi connectivity index (χ1v) is 10.6. The van der Waals surface area contributed by atoms with Crippen molar-refractivity contribution in [2.45, 2.75) is 49.7 Å². The summed E-state index contributed by atoms with van der Waals surface area (Å²) in [6.45, 7) is -0.570. The highest BCUT2D eigenvalue weighted by atomic mass is 16.7. The van der Waals surface area contributed by atoms with E-state index in [1.807, 2.05) is 12.1 Å². The van der Waals surface area contributed by atoms with Gasteiger partial charge in [-0.15, -0.1) is 0 Å². The second kappa shape index (κ2) is 9.62. The van der Waals surface area contributed by atoms with Crippen molar-refractivity contribution in [1.82, 2.24) is 0 Å². The molecule has 0 saturated carbocycles. The van der Waals surface area contributed by atoms with Gasteiger partial charge in [-0.2, -0.15) is 0 Å². The molecule has 0 amide bonds. The van der Waals surface area contributed by atoms with Crippen molar-refractivity contribution in [2.75, 3.05) is 20.8 Å². The van der Waals surface area contributed by atoms with Crippen molar-refractivity contribution in [3.8, 4) is 28.7 Å². The molecule has 5 N–H and O–H groups in total. The fraction of sp³-hybridized carbons (Fsp3) is 0.478. The van der Waals surface area contributed by atoms with Gasteiger partial charge in [-0.25, -0.2) is 0 Å². The number of benzene rings is 2. The number of phenols is 1. The molecule has 2 aliphatic heterocycles. The predicted molar refractivity (Wildman–Crippen MR) is 114 cm³/mol. The number of aliphatic hydroxyl groups excluding tert-OH is 4. The molecular weight excluding hydrogens is 436 g/mol. The topological polar surface area (TPSA) is 147 Å². The number of phenolic OH excluding ortho intramolecular Hbond substituents is 1. The number of fused-ring (bicyclic) bond motifs is 1. The molecule has 0 aromatic heterocycles. The summed E-state index contributed by atoms with van der Waals surface area (Å²) in [4.78, 5) is 0. The highest BCUT2D eigenvalue weighted by Gasteiger charge is 2.45. The highest BCUT2D eigenvalue weighted by molar-refractivity contribution is 5.52. The molecule has 2 heterocycles. The van der Waals surface area contributed by atoms with E-state index >= 15 is 0 Å². The molecule has 2 aliphatic rings. The normalized spacial score (nSPS) is 29.0. The van der Waals surface area contributed by atoms with Gasteiger partial charge in [0.1, 0.15) is 47.8 Å². The number of hydrogen-bond donors (Lipinski definition) is 5. The lowest BCUT2D eigenvalue weighted by atomic mass is 9.96. The van der Waals surface area contributed by atoms with Crippen LogP contribution in [-0.2, 0) is 11.2 Å². The number of aromatic hydroxyl groups is 1. The average molecular weight is 464 g/mol. The number of aliphatic hydroxyl groups is 4. The van der Waals surface area contributed by atoms with Crippen LogP contribution in [0.25, 0.3) is 0 Å². The largest absolute Gasteiger partial charge is 0.508 e. The molecule has 0 radical (unpaired) electrons. The number of methoxy groups -OCH3 is 2. The minimum Gasteiger partial charge on any atom is -0.508 e. The van der Waals surface area contributed by atoms with Gasteiger partial charge in [0.05, 0.1) is 20.8 Å². The van der Waals surface area contributed by atoms with Gasteiger partial charge in [-0.05, 0) is 30.5 Å². The number of ether oxygens (including phenoxy) is 5. The summed E-state index contributed by atoms with van der Waals surface area (Å²) in [5, 5.41) is 49.9. The Labute approximate surface area is 190 Å². The van der Waals surface area contributed by atoms with E-state index in [0.29, 0.717) is 35.7 Å². The first-order chi connectivity index (χ1) is 15.9. The van der Waals surface area contributed by atoms with E-state index in [0.717, 1.165) is 5.56 Å². The third-order valence-corrected chi connectivity index (χ3v) is 5.95. The van der Waals surface area contributed by atoms with Crippen LogP contribution >= 0.6 is 0 Å². The monoisotopic (exact) mass is 464 g/mol. The summed E-state index contributed by atoms with van der Waals surface area (Å²) in [6, 6.07) is 8.35. The van der Waals surface area contributed by atoms with Crippen molar-refractivity contribution in [3.05, 3.63) is 41.5 Å². The van der Waals surface area contributed by atoms with Gasteiger partial charge >= 0.3 is 0 Å². The zero-order valence-electron chi connectivity index (χ0n) is 18.2. The first-order valence-electron chi connectivity index (χ1n) is 10.6. The third-order valence-electron chi connectivity index (χ3n) is 5.95. The van der Waals surface area contributed by atoms with E-state index in [1.54, 1.807) is 20.3 Å². The summed E-state index contributed by atoms with van der Waals surface area (Å²) >= 11 is 0. The van der Waals surface area contributed by atoms with Gasteiger partial charge in [0.2, 0.25) is 6.29 Å². The maximum atomic E-state index is 10.3. The molecule has 10 nitrogen and oxygen atoms in total. The van der Waals surface area contributed by atoms with Gasteiger partial charge in [-0.3, -0.25) is 0 Å². The van der Waals surface area contributed by atoms with Crippen LogP contribution in [-0.4, -0.2) is 77.1 Å². The van der Waals surface area contributed by atoms with Gasteiger partial charge in [0.25, 0.3) is 0 Å². The molecule has 1 fully saturated rings. The van der Waals surface area contributed by atoms with Crippen molar-refractivity contribution in [3.63, 3.8) is 0 Å². The van der Waals surface area contributed by atoms with E-state index < -0.39 is 37.3 Å². The molecule has 2 aromatic rings. The summed E-state index contributed by atoms with van der Waals surface area (Å²) in [5.41, 5.74) is 1.53. The zero-order valence-corrected chi connectivity index (χ0v) is 18.2. The van der Waals surface area contributed by atoms with Gasteiger partial charge in [0.15, 0.2) is 11.5 Å². The molecule has 4 rings (SSSR count). The van der Waals surface area contributed by atoms with Crippen LogP contribution in [0, 0.1) is 0 Å². The van der Waals surface area contributed by atoms with Crippen LogP contribution in [0.1, 0.15) is 23.7 Å².